The number of esters is 4. The molecule has 0 spiro atoms. The van der Waals surface area contributed by atoms with E-state index in [-0.39, 0.29) is 25.7 Å². The van der Waals surface area contributed by atoms with Gasteiger partial charge in [0.15, 0.2) is 12.2 Å². The normalized spacial score (nSPS) is 15.0. The number of unbranched alkanes of at least 4 members (excludes halogenated alkanes) is 11. The highest BCUT2D eigenvalue weighted by Crippen LogP contribution is 2.45. The molecule has 0 aliphatic heterocycles. The van der Waals surface area contributed by atoms with Crippen molar-refractivity contribution in [2.75, 3.05) is 39.6 Å². The fourth-order valence-electron chi connectivity index (χ4n) is 9.36. The summed E-state index contributed by atoms with van der Waals surface area (Å²) in [5.41, 5.74) is 0. The number of aliphatic hydroxyl groups is 1. The lowest BCUT2D eigenvalue weighted by atomic mass is 10.1. The maximum Gasteiger partial charge on any atom is 0.472 e. The Hall–Kier alpha value is -6.36. The van der Waals surface area contributed by atoms with Crippen molar-refractivity contribution in [1.29, 1.82) is 0 Å². The number of phosphoric acid groups is 2. The molecule has 0 aliphatic rings. The van der Waals surface area contributed by atoms with E-state index in [4.69, 9.17) is 37.0 Å². The van der Waals surface area contributed by atoms with Crippen LogP contribution in [0.15, 0.2) is 207 Å². The minimum atomic E-state index is -5.01. The highest BCUT2D eigenvalue weighted by molar-refractivity contribution is 7.47. The summed E-state index contributed by atoms with van der Waals surface area (Å²) in [5, 5.41) is 10.6. The third kappa shape index (κ3) is 75.9. The fourth-order valence-corrected chi connectivity index (χ4v) is 10.9. The van der Waals surface area contributed by atoms with E-state index in [0.717, 1.165) is 167 Å². The summed E-state index contributed by atoms with van der Waals surface area (Å²) in [4.78, 5) is 73.0. The highest BCUT2D eigenvalue weighted by Gasteiger charge is 2.30. The molecule has 0 aromatic carbocycles. The van der Waals surface area contributed by atoms with Gasteiger partial charge in [-0.05, 0) is 173 Å². The molecule has 0 aromatic rings. The Morgan fingerprint density at radius 1 is 0.274 bits per heavy atom. The molecule has 5 atom stereocenters. The molecule has 0 rings (SSSR count). The molecule has 0 amide bonds. The lowest BCUT2D eigenvalue weighted by molar-refractivity contribution is -0.161. The summed E-state index contributed by atoms with van der Waals surface area (Å²) in [6.45, 7) is 4.23. The maximum atomic E-state index is 13.1. The Morgan fingerprint density at radius 3 is 0.840 bits per heavy atom. The number of ether oxygens (including phenoxy) is 4. The maximum absolute atomic E-state index is 13.1. The molecule has 0 fully saturated rings. The minimum absolute atomic E-state index is 0.0234. The van der Waals surface area contributed by atoms with E-state index in [1.807, 2.05) is 18.2 Å². The predicted molar refractivity (Wildman–Crippen MR) is 435 cm³/mol. The first-order chi connectivity index (χ1) is 51.7. The Balaban J connectivity index is 5.51. The summed E-state index contributed by atoms with van der Waals surface area (Å²) >= 11 is 0. The van der Waals surface area contributed by atoms with Gasteiger partial charge in [0.1, 0.15) is 19.3 Å². The van der Waals surface area contributed by atoms with Crippen LogP contribution in [0.5, 0.6) is 0 Å². The van der Waals surface area contributed by atoms with Crippen LogP contribution in [0.4, 0.5) is 0 Å². The van der Waals surface area contributed by atoms with E-state index in [2.05, 4.69) is 216 Å². The van der Waals surface area contributed by atoms with E-state index in [0.29, 0.717) is 38.5 Å². The number of allylic oxidation sites excluding steroid dienone is 34. The van der Waals surface area contributed by atoms with Crippen LogP contribution in [0.1, 0.15) is 259 Å². The molecule has 17 nitrogen and oxygen atoms in total. The summed E-state index contributed by atoms with van der Waals surface area (Å²) < 4.78 is 68.4. The first kappa shape index (κ1) is 99.6. The standard InChI is InChI=1S/C87H136O17P2/c1-5-9-13-17-21-25-29-33-36-38-40-42-45-48-51-55-59-63-67-71-84(89)97-77-82(103-86(91)73-69-65-61-57-53-47-32-28-24-20-16-12-8-4)79-101-105(93,94)99-75-81(88)76-100-106(95,96)102-80-83(104-87(92)74-70-66-62-58-54-50-44-35-31-27-23-19-15-11-7-3)78-98-85(90)72-68-64-60-56-52-49-46-43-41-39-37-34-30-26-22-18-14-10-6-2/h9-11,13-16,20-23,25-28,32-37,40-44,48-49,51-52,54,58-59,63,81-83,88H,5-8,12,17-19,24,29-31,38-39,45-47,50,53,55-57,60-62,64-80H2,1-4H3,(H,93,94)(H,95,96)/b13-9-,14-10-,15-11-,20-16-,25-21-,26-22-,27-23-,32-28-,36-33-,37-34-,42-40-,43-41-,44-35-,51-48-,52-49-,58-54-,63-59-. The minimum Gasteiger partial charge on any atom is -0.462 e. The van der Waals surface area contributed by atoms with E-state index in [9.17, 15) is 43.2 Å². The Kier molecular flexibility index (Phi) is 72.2. The van der Waals surface area contributed by atoms with Crippen LogP contribution in [0, 0.1) is 0 Å². The monoisotopic (exact) mass is 1510 g/mol. The van der Waals surface area contributed by atoms with Crippen LogP contribution < -0.4 is 0 Å². The van der Waals surface area contributed by atoms with E-state index < -0.39 is 97.5 Å². The van der Waals surface area contributed by atoms with Crippen molar-refractivity contribution in [2.45, 2.75) is 277 Å². The third-order valence-electron chi connectivity index (χ3n) is 15.2. The van der Waals surface area contributed by atoms with Gasteiger partial charge in [0.25, 0.3) is 0 Å². The van der Waals surface area contributed by atoms with Crippen molar-refractivity contribution < 1.29 is 80.2 Å². The first-order valence-corrected chi connectivity index (χ1v) is 42.3. The van der Waals surface area contributed by atoms with Gasteiger partial charge < -0.3 is 33.8 Å². The van der Waals surface area contributed by atoms with Gasteiger partial charge in [-0.2, -0.15) is 0 Å². The number of hydrogen-bond acceptors (Lipinski definition) is 15. The largest absolute Gasteiger partial charge is 0.472 e. The average molecular weight is 1520 g/mol. The van der Waals surface area contributed by atoms with Gasteiger partial charge in [0.2, 0.25) is 0 Å². The van der Waals surface area contributed by atoms with Crippen LogP contribution in [-0.4, -0.2) is 96.7 Å². The zero-order valence-corrected chi connectivity index (χ0v) is 66.8. The number of phosphoric ester groups is 2. The smallest absolute Gasteiger partial charge is 0.462 e. The lowest BCUT2D eigenvalue weighted by Crippen LogP contribution is -2.30. The molecule has 0 aliphatic carbocycles. The van der Waals surface area contributed by atoms with Gasteiger partial charge in [-0.25, -0.2) is 9.13 Å². The van der Waals surface area contributed by atoms with Gasteiger partial charge in [-0.3, -0.25) is 37.3 Å². The Morgan fingerprint density at radius 2 is 0.509 bits per heavy atom. The van der Waals surface area contributed by atoms with E-state index in [1.165, 1.54) is 0 Å². The van der Waals surface area contributed by atoms with Crippen molar-refractivity contribution in [3.05, 3.63) is 207 Å². The van der Waals surface area contributed by atoms with Crippen molar-refractivity contribution >= 4 is 39.5 Å². The number of hydrogen-bond donors (Lipinski definition) is 3. The highest BCUT2D eigenvalue weighted by atomic mass is 31.2. The molecule has 3 N–H and O–H groups in total. The molecule has 596 valence electrons. The molecule has 106 heavy (non-hydrogen) atoms. The predicted octanol–water partition coefficient (Wildman–Crippen LogP) is 23.1. The lowest BCUT2D eigenvalue weighted by Gasteiger charge is -2.21. The van der Waals surface area contributed by atoms with Gasteiger partial charge >= 0.3 is 39.5 Å². The van der Waals surface area contributed by atoms with Crippen LogP contribution in [0.3, 0.4) is 0 Å². The molecule has 0 saturated carbocycles. The van der Waals surface area contributed by atoms with E-state index in [1.54, 1.807) is 0 Å². The van der Waals surface area contributed by atoms with Gasteiger partial charge in [0.05, 0.1) is 26.4 Å². The Bertz CT molecular complexity index is 2830. The van der Waals surface area contributed by atoms with E-state index >= 15 is 0 Å². The summed E-state index contributed by atoms with van der Waals surface area (Å²) in [5.74, 6) is -2.40. The topological polar surface area (TPSA) is 237 Å². The number of aliphatic hydroxyl groups excluding tert-OH is 1. The number of carbonyl (C=O) groups excluding carboxylic acids is 4. The second-order valence-electron chi connectivity index (χ2n) is 25.1. The van der Waals surface area contributed by atoms with Gasteiger partial charge in [-0.15, -0.1) is 0 Å². The zero-order chi connectivity index (χ0) is 77.4. The molecule has 19 heteroatoms. The molecular weight excluding hydrogens is 1380 g/mol. The number of carbonyl (C=O) groups is 4. The van der Waals surface area contributed by atoms with Gasteiger partial charge in [0, 0.05) is 25.7 Å². The molecule has 0 bridgehead atoms. The van der Waals surface area contributed by atoms with Crippen LogP contribution in [-0.2, 0) is 65.4 Å². The van der Waals surface area contributed by atoms with Crippen molar-refractivity contribution in [3.8, 4) is 0 Å². The fraction of sp³-hybridized carbons (Fsp3) is 0.563. The van der Waals surface area contributed by atoms with Crippen molar-refractivity contribution in [2.24, 2.45) is 0 Å². The SMILES string of the molecule is CC/C=C\C/C=C\C/C=C\C/C=C\C/C=C\C/C=C\CCC(=O)OCC(COP(=O)(O)OCC(O)COP(=O)(O)OCC(COC(=O)CCCCC/C=C\C/C=C\C/C=C\C/C=C\C/C=C\CC)OC(=O)CCCC/C=C\C/C=C\C/C=C\C/C=C\CC)OC(=O)CCCCCCC/C=C\C/C=C\CCC. The number of rotatable bonds is 71. The van der Waals surface area contributed by atoms with Gasteiger partial charge in [-0.1, -0.05) is 266 Å². The summed E-state index contributed by atoms with van der Waals surface area (Å²) in [6.07, 6.45) is 95.5. The molecule has 0 radical (unpaired) electrons. The summed E-state index contributed by atoms with van der Waals surface area (Å²) in [6, 6.07) is 0. The Labute approximate surface area is 639 Å². The molecule has 5 unspecified atom stereocenters. The van der Waals surface area contributed by atoms with Crippen LogP contribution in [0.2, 0.25) is 0 Å². The van der Waals surface area contributed by atoms with Crippen molar-refractivity contribution in [1.82, 2.24) is 0 Å². The quantitative estimate of drug-likeness (QED) is 0.0169. The first-order valence-electron chi connectivity index (χ1n) is 39.3. The third-order valence-corrected chi connectivity index (χ3v) is 17.1. The molecular formula is C87H136O17P2. The second kappa shape index (κ2) is 76.8. The second-order valence-corrected chi connectivity index (χ2v) is 28.1. The van der Waals surface area contributed by atoms with Crippen molar-refractivity contribution in [3.63, 3.8) is 0 Å². The molecule has 0 aromatic heterocycles. The zero-order valence-electron chi connectivity index (χ0n) is 65.0. The average Bonchev–Trinajstić information content (AvgIpc) is 0.901. The molecule has 0 heterocycles. The summed E-state index contributed by atoms with van der Waals surface area (Å²) in [7, 11) is -10.0. The van der Waals surface area contributed by atoms with Crippen LogP contribution in [0.25, 0.3) is 0 Å². The van der Waals surface area contributed by atoms with Crippen LogP contribution >= 0.6 is 15.6 Å². The molecule has 0 saturated heterocycles.